The van der Waals surface area contributed by atoms with Crippen LogP contribution in [0.1, 0.15) is 0 Å². The van der Waals surface area contributed by atoms with Gasteiger partial charge in [0.2, 0.25) is 0 Å². The van der Waals surface area contributed by atoms with Gasteiger partial charge in [-0.05, 0) is 74.0 Å². The van der Waals surface area contributed by atoms with Gasteiger partial charge in [-0.15, -0.1) is 0 Å². The maximum absolute atomic E-state index is 6.74. The SMILES string of the molecule is c1ccc(-c2cccc(-c3ccc4c(c3)B3c5c(cccc5-n5c(-c6ccccc6)c(-c6ccccc6)c6cccc3c65)O4)c2)cc1. The molecule has 1 aromatic heterocycles. The Morgan fingerprint density at radius 3 is 1.81 bits per heavy atom. The number of hydrogen-bond acceptors (Lipinski definition) is 1. The number of rotatable bonds is 4. The van der Waals surface area contributed by atoms with Crippen molar-refractivity contribution in [2.45, 2.75) is 0 Å². The molecule has 2 aliphatic rings. The van der Waals surface area contributed by atoms with Crippen molar-refractivity contribution in [2.24, 2.45) is 0 Å². The molecule has 0 bridgehead atoms. The summed E-state index contributed by atoms with van der Waals surface area (Å²) in [5, 5.41) is 1.27. The molecule has 8 aromatic rings. The van der Waals surface area contributed by atoms with Gasteiger partial charge in [-0.25, -0.2) is 0 Å². The Hall–Kier alpha value is -6.06. The van der Waals surface area contributed by atoms with Gasteiger partial charge in [0.15, 0.2) is 0 Å². The number of nitrogens with zero attached hydrogens (tertiary/aromatic N) is 1. The van der Waals surface area contributed by atoms with E-state index >= 15 is 0 Å². The van der Waals surface area contributed by atoms with E-state index in [0.717, 1.165) is 11.5 Å². The Kier molecular flexibility index (Phi) is 5.70. The van der Waals surface area contributed by atoms with Crippen molar-refractivity contribution in [3.63, 3.8) is 0 Å². The van der Waals surface area contributed by atoms with Gasteiger partial charge in [-0.1, -0.05) is 146 Å². The van der Waals surface area contributed by atoms with Gasteiger partial charge >= 0.3 is 0 Å². The summed E-state index contributed by atoms with van der Waals surface area (Å²) in [4.78, 5) is 0. The Morgan fingerprint density at radius 1 is 0.426 bits per heavy atom. The van der Waals surface area contributed by atoms with Crippen molar-refractivity contribution in [1.82, 2.24) is 4.57 Å². The fourth-order valence-corrected chi connectivity index (χ4v) is 7.86. The van der Waals surface area contributed by atoms with Crippen molar-refractivity contribution >= 4 is 34.0 Å². The first kappa shape index (κ1) is 26.2. The molecule has 0 saturated carbocycles. The van der Waals surface area contributed by atoms with Crippen LogP contribution in [0.5, 0.6) is 11.5 Å². The fraction of sp³-hybridized carbons (Fsp3) is 0. The maximum Gasteiger partial charge on any atom is 0.256 e. The van der Waals surface area contributed by atoms with Gasteiger partial charge in [0.1, 0.15) is 11.5 Å². The summed E-state index contributed by atoms with van der Waals surface area (Å²) in [6.07, 6.45) is 0. The molecule has 0 atom stereocenters. The zero-order chi connectivity index (χ0) is 30.9. The van der Waals surface area contributed by atoms with Crippen LogP contribution in [0, 0.1) is 0 Å². The molecular weight excluding hydrogens is 569 g/mol. The van der Waals surface area contributed by atoms with Gasteiger partial charge in [0, 0.05) is 22.2 Å². The summed E-state index contributed by atoms with van der Waals surface area (Å²) in [7, 11) is 0. The zero-order valence-electron chi connectivity index (χ0n) is 25.6. The van der Waals surface area contributed by atoms with Gasteiger partial charge in [0.05, 0.1) is 5.69 Å². The molecule has 0 N–H and O–H groups in total. The quantitative estimate of drug-likeness (QED) is 0.185. The summed E-state index contributed by atoms with van der Waals surface area (Å²) in [5.41, 5.74) is 15.9. The Balaban J connectivity index is 1.24. The number of hydrogen-bond donors (Lipinski definition) is 0. The van der Waals surface area contributed by atoms with Gasteiger partial charge < -0.3 is 9.30 Å². The van der Waals surface area contributed by atoms with Gasteiger partial charge in [-0.2, -0.15) is 0 Å². The fourth-order valence-electron chi connectivity index (χ4n) is 7.86. The molecule has 0 radical (unpaired) electrons. The van der Waals surface area contributed by atoms with E-state index < -0.39 is 0 Å². The predicted octanol–water partition coefficient (Wildman–Crippen LogP) is 9.23. The topological polar surface area (TPSA) is 14.2 Å². The van der Waals surface area contributed by atoms with E-state index in [4.69, 9.17) is 4.74 Å². The molecule has 10 rings (SSSR count). The van der Waals surface area contributed by atoms with Crippen LogP contribution in [0.4, 0.5) is 0 Å². The highest BCUT2D eigenvalue weighted by Gasteiger charge is 2.41. The highest BCUT2D eigenvalue weighted by atomic mass is 16.5. The lowest BCUT2D eigenvalue weighted by Gasteiger charge is -2.33. The van der Waals surface area contributed by atoms with E-state index in [0.29, 0.717) is 0 Å². The number of aromatic nitrogens is 1. The van der Waals surface area contributed by atoms with Crippen LogP contribution in [0.15, 0.2) is 170 Å². The lowest BCUT2D eigenvalue weighted by molar-refractivity contribution is 0.487. The van der Waals surface area contributed by atoms with Crippen molar-refractivity contribution < 1.29 is 4.74 Å². The maximum atomic E-state index is 6.74. The number of fused-ring (bicyclic) bond motifs is 4. The largest absolute Gasteiger partial charge is 0.458 e. The molecule has 0 aliphatic carbocycles. The standard InChI is InChI=1S/C44H28BNO/c1-4-13-29(14-5-1)32-19-10-20-33(27-32)34-25-26-39-37(28-34)45-36-22-11-21-35-41(30-15-6-2-7-16-30)43(31-17-8-3-9-18-31)46(44(35)36)38-23-12-24-40(47-39)42(38)45/h1-28H. The molecule has 47 heavy (non-hydrogen) atoms. The number of benzene rings is 7. The minimum atomic E-state index is 0.0422. The average Bonchev–Trinajstić information content (AvgIpc) is 3.50. The van der Waals surface area contributed by atoms with E-state index in [9.17, 15) is 0 Å². The highest BCUT2D eigenvalue weighted by molar-refractivity contribution is 6.99. The van der Waals surface area contributed by atoms with Crippen LogP contribution in [-0.2, 0) is 0 Å². The van der Waals surface area contributed by atoms with Crippen molar-refractivity contribution in [3.05, 3.63) is 170 Å². The van der Waals surface area contributed by atoms with Crippen LogP contribution in [0.3, 0.4) is 0 Å². The lowest BCUT2D eigenvalue weighted by atomic mass is 9.34. The van der Waals surface area contributed by atoms with Crippen LogP contribution in [0.25, 0.3) is 61.2 Å². The molecule has 218 valence electrons. The summed E-state index contributed by atoms with van der Waals surface area (Å²) < 4.78 is 9.24. The zero-order valence-corrected chi connectivity index (χ0v) is 25.6. The normalized spacial score (nSPS) is 12.4. The smallest absolute Gasteiger partial charge is 0.256 e. The Morgan fingerprint density at radius 2 is 1.04 bits per heavy atom. The van der Waals surface area contributed by atoms with E-state index in [2.05, 4.69) is 174 Å². The second-order valence-electron chi connectivity index (χ2n) is 12.5. The first-order chi connectivity index (χ1) is 23.3. The molecule has 0 unspecified atom stereocenters. The lowest BCUT2D eigenvalue weighted by Crippen LogP contribution is -2.58. The first-order valence-corrected chi connectivity index (χ1v) is 16.2. The second-order valence-corrected chi connectivity index (χ2v) is 12.5. The third kappa shape index (κ3) is 3.93. The Labute approximate surface area is 274 Å². The van der Waals surface area contributed by atoms with Crippen LogP contribution >= 0.6 is 0 Å². The molecule has 3 heterocycles. The number of ether oxygens (including phenoxy) is 1. The van der Waals surface area contributed by atoms with E-state index in [1.165, 1.54) is 77.6 Å². The summed E-state index contributed by atoms with van der Waals surface area (Å²) in [6.45, 7) is 0.0422. The van der Waals surface area contributed by atoms with Gasteiger partial charge in [-0.3, -0.25) is 0 Å². The predicted molar refractivity (Wildman–Crippen MR) is 196 cm³/mol. The summed E-state index contributed by atoms with van der Waals surface area (Å²) in [6, 6.07) is 61.2. The third-order valence-electron chi connectivity index (χ3n) is 9.86. The van der Waals surface area contributed by atoms with E-state index in [-0.39, 0.29) is 6.71 Å². The van der Waals surface area contributed by atoms with E-state index in [1.807, 2.05) is 0 Å². The summed E-state index contributed by atoms with van der Waals surface area (Å²) >= 11 is 0. The first-order valence-electron chi connectivity index (χ1n) is 16.2. The van der Waals surface area contributed by atoms with Crippen molar-refractivity contribution in [3.8, 4) is 61.8 Å². The molecule has 3 heteroatoms. The molecule has 2 aliphatic heterocycles. The Bertz CT molecular complexity index is 2480. The molecule has 0 spiro atoms. The van der Waals surface area contributed by atoms with Crippen LogP contribution in [0.2, 0.25) is 0 Å². The molecule has 2 nitrogen and oxygen atoms in total. The number of para-hydroxylation sites is 1. The molecule has 0 saturated heterocycles. The second kappa shape index (κ2) is 10.2. The van der Waals surface area contributed by atoms with Gasteiger partial charge in [0.25, 0.3) is 6.71 Å². The van der Waals surface area contributed by atoms with Crippen molar-refractivity contribution in [2.75, 3.05) is 0 Å². The highest BCUT2D eigenvalue weighted by Crippen LogP contribution is 2.44. The third-order valence-corrected chi connectivity index (χ3v) is 9.86. The molecule has 7 aromatic carbocycles. The van der Waals surface area contributed by atoms with Crippen LogP contribution < -0.4 is 21.1 Å². The van der Waals surface area contributed by atoms with E-state index in [1.54, 1.807) is 0 Å². The molecule has 0 amide bonds. The monoisotopic (exact) mass is 597 g/mol. The minimum Gasteiger partial charge on any atom is -0.458 e. The average molecular weight is 598 g/mol. The summed E-state index contributed by atoms with van der Waals surface area (Å²) in [5.74, 6) is 1.85. The molecular formula is C44H28BNO. The molecule has 0 fully saturated rings. The van der Waals surface area contributed by atoms with Crippen LogP contribution in [-0.4, -0.2) is 11.3 Å². The van der Waals surface area contributed by atoms with Crippen molar-refractivity contribution in [1.29, 1.82) is 0 Å². The minimum absolute atomic E-state index is 0.0422.